The van der Waals surface area contributed by atoms with Gasteiger partial charge in [-0.25, -0.2) is 0 Å². The maximum Gasteiger partial charge on any atom is 0.254 e. The fourth-order valence-electron chi connectivity index (χ4n) is 5.03. The van der Waals surface area contributed by atoms with Gasteiger partial charge in [0.15, 0.2) is 0 Å². The van der Waals surface area contributed by atoms with E-state index >= 15 is 0 Å². The normalized spacial score (nSPS) is 12.1. The second kappa shape index (κ2) is 14.3. The molecule has 0 saturated carbocycles. The lowest BCUT2D eigenvalue weighted by atomic mass is 9.87. The van der Waals surface area contributed by atoms with Crippen molar-refractivity contribution in [3.8, 4) is 0 Å². The number of aromatic nitrogens is 2. The van der Waals surface area contributed by atoms with Crippen LogP contribution in [0.1, 0.15) is 84.9 Å². The summed E-state index contributed by atoms with van der Waals surface area (Å²) in [7, 11) is 0. The summed E-state index contributed by atoms with van der Waals surface area (Å²) in [5.74, 6) is -0.475. The van der Waals surface area contributed by atoms with Crippen LogP contribution in [-0.4, -0.2) is 20.9 Å². The van der Waals surface area contributed by atoms with E-state index in [1.807, 2.05) is 70.2 Å². The fraction of sp³-hybridized carbons (Fsp3) is 0.211. The fourth-order valence-corrected chi connectivity index (χ4v) is 5.03. The molecule has 0 bridgehead atoms. The monoisotopic (exact) mass is 560 g/mol. The summed E-state index contributed by atoms with van der Waals surface area (Å²) in [6.45, 7) is 33.9. The average molecular weight is 561 g/mol. The van der Waals surface area contributed by atoms with Gasteiger partial charge >= 0.3 is 0 Å². The molecule has 0 aliphatic heterocycles. The number of hydrogen-bond acceptors (Lipinski definition) is 2. The van der Waals surface area contributed by atoms with Gasteiger partial charge in [-0.15, -0.1) is 0 Å². The highest BCUT2D eigenvalue weighted by Gasteiger charge is 2.27. The molecule has 0 fully saturated rings. The highest BCUT2D eigenvalue weighted by Crippen LogP contribution is 2.39. The Hall–Kier alpha value is -4.70. The van der Waals surface area contributed by atoms with Crippen molar-refractivity contribution in [3.63, 3.8) is 0 Å². The highest BCUT2D eigenvalue weighted by molar-refractivity contribution is 6.05. The van der Waals surface area contributed by atoms with Crippen LogP contribution in [0.4, 0.5) is 0 Å². The molecule has 0 spiro atoms. The lowest BCUT2D eigenvalue weighted by molar-refractivity contribution is 0.0961. The molecule has 0 aliphatic carbocycles. The molecule has 42 heavy (non-hydrogen) atoms. The Balaban J connectivity index is 0.00000301. The number of nitrogens with zero attached hydrogens (tertiary/aromatic N) is 2. The van der Waals surface area contributed by atoms with Gasteiger partial charge in [0.25, 0.3) is 11.8 Å². The maximum absolute atomic E-state index is 13.4. The minimum Gasteiger partial charge on any atom is -0.280 e. The molecule has 1 aromatic carbocycles. The largest absolute Gasteiger partial charge is 0.280 e. The van der Waals surface area contributed by atoms with E-state index in [9.17, 15) is 9.59 Å². The molecular weight excluding hydrogens is 516 g/mol. The summed E-state index contributed by atoms with van der Waals surface area (Å²) in [6.07, 6.45) is 15.8. The zero-order valence-corrected chi connectivity index (χ0v) is 26.3. The van der Waals surface area contributed by atoms with Crippen LogP contribution in [-0.2, 0) is 0 Å². The lowest BCUT2D eigenvalue weighted by Gasteiger charge is -2.20. The summed E-state index contributed by atoms with van der Waals surface area (Å²) >= 11 is 0. The van der Waals surface area contributed by atoms with Gasteiger partial charge in [0.1, 0.15) is 0 Å². The Morgan fingerprint density at radius 2 is 1.38 bits per heavy atom. The Bertz CT molecular complexity index is 1650. The summed E-state index contributed by atoms with van der Waals surface area (Å²) in [5, 5.41) is 0.924. The van der Waals surface area contributed by atoms with E-state index in [-0.39, 0.29) is 17.2 Å². The Labute approximate surface area is 251 Å². The van der Waals surface area contributed by atoms with Crippen molar-refractivity contribution in [1.29, 1.82) is 0 Å². The Morgan fingerprint density at radius 1 is 0.810 bits per heavy atom. The first-order chi connectivity index (χ1) is 20.0. The van der Waals surface area contributed by atoms with E-state index in [4.69, 9.17) is 0 Å². The van der Waals surface area contributed by atoms with Crippen molar-refractivity contribution in [1.82, 2.24) is 9.13 Å². The van der Waals surface area contributed by atoms with Crippen molar-refractivity contribution >= 4 is 52.6 Å². The van der Waals surface area contributed by atoms with E-state index in [2.05, 4.69) is 59.7 Å². The molecule has 0 radical (unpaired) electrons. The predicted molar refractivity (Wildman–Crippen MR) is 185 cm³/mol. The second-order valence-corrected chi connectivity index (χ2v) is 10.5. The molecule has 0 saturated heterocycles. The Morgan fingerprint density at radius 3 is 1.88 bits per heavy atom. The summed E-state index contributed by atoms with van der Waals surface area (Å²) in [4.78, 5) is 26.3. The smallest absolute Gasteiger partial charge is 0.254 e. The minimum atomic E-state index is -0.271. The van der Waals surface area contributed by atoms with Crippen LogP contribution in [0.2, 0.25) is 0 Å². The molecule has 2 heterocycles. The average Bonchev–Trinajstić information content (AvgIpc) is 3.45. The topological polar surface area (TPSA) is 44.0 Å². The maximum atomic E-state index is 13.4. The van der Waals surface area contributed by atoms with E-state index in [1.54, 1.807) is 27.4 Å². The number of rotatable bonds is 9. The first-order valence-corrected chi connectivity index (χ1v) is 14.2. The first-order valence-electron chi connectivity index (χ1n) is 14.2. The molecule has 218 valence electrons. The predicted octanol–water partition coefficient (Wildman–Crippen LogP) is 10.4. The van der Waals surface area contributed by atoms with Gasteiger partial charge in [-0.2, -0.15) is 0 Å². The number of para-hydroxylation sites is 1. The second-order valence-electron chi connectivity index (χ2n) is 10.5. The number of hydrogen-bond donors (Lipinski definition) is 0. The van der Waals surface area contributed by atoms with E-state index in [0.717, 1.165) is 44.4 Å². The van der Waals surface area contributed by atoms with Crippen LogP contribution in [0.25, 0.3) is 40.8 Å². The SMILES string of the molecule is C=CC(=O)n1c(/C=C\C)c(C=C)c(C=C)c1C(=C\C(C)(C)C)/C(C=C)=C/c1c(C)n(C(=O)C=C)c2ccccc12.CC. The highest BCUT2D eigenvalue weighted by atomic mass is 16.2. The molecule has 0 unspecified atom stereocenters. The zero-order chi connectivity index (χ0) is 31.8. The van der Waals surface area contributed by atoms with Crippen molar-refractivity contribution in [2.45, 2.75) is 48.5 Å². The number of carbonyl (C=O) groups is 2. The lowest BCUT2D eigenvalue weighted by Crippen LogP contribution is -2.14. The first kappa shape index (κ1) is 33.5. The summed E-state index contributed by atoms with van der Waals surface area (Å²) < 4.78 is 3.33. The summed E-state index contributed by atoms with van der Waals surface area (Å²) in [5.41, 5.74) is 6.73. The van der Waals surface area contributed by atoms with Gasteiger partial charge in [0.05, 0.1) is 16.9 Å². The van der Waals surface area contributed by atoms with E-state index in [1.165, 1.54) is 12.2 Å². The molecule has 0 aliphatic rings. The van der Waals surface area contributed by atoms with Crippen LogP contribution in [0, 0.1) is 12.3 Å². The van der Waals surface area contributed by atoms with Crippen molar-refractivity contribution in [2.24, 2.45) is 5.41 Å². The van der Waals surface area contributed by atoms with Crippen molar-refractivity contribution in [3.05, 3.63) is 127 Å². The molecule has 0 atom stereocenters. The zero-order valence-electron chi connectivity index (χ0n) is 26.3. The molecule has 4 heteroatoms. The quantitative estimate of drug-likeness (QED) is 0.193. The van der Waals surface area contributed by atoms with Gasteiger partial charge < -0.3 is 0 Å². The molecule has 2 aromatic heterocycles. The van der Waals surface area contributed by atoms with Crippen LogP contribution >= 0.6 is 0 Å². The van der Waals surface area contributed by atoms with Crippen LogP contribution in [0.5, 0.6) is 0 Å². The summed E-state index contributed by atoms with van der Waals surface area (Å²) in [6, 6.07) is 7.77. The molecule has 0 amide bonds. The molecule has 3 rings (SSSR count). The third-order valence-corrected chi connectivity index (χ3v) is 6.63. The van der Waals surface area contributed by atoms with Crippen molar-refractivity contribution < 1.29 is 9.59 Å². The molecular formula is C38H44N2O2. The van der Waals surface area contributed by atoms with Crippen LogP contribution in [0.3, 0.4) is 0 Å². The van der Waals surface area contributed by atoms with Crippen LogP contribution < -0.4 is 0 Å². The molecule has 4 nitrogen and oxygen atoms in total. The minimum absolute atomic E-state index is 0.204. The number of carbonyl (C=O) groups excluding carboxylic acids is 2. The molecule has 0 N–H and O–H groups in total. The third-order valence-electron chi connectivity index (χ3n) is 6.63. The van der Waals surface area contributed by atoms with Gasteiger partial charge in [0, 0.05) is 33.3 Å². The number of allylic oxidation sites excluding steroid dienone is 7. The Kier molecular flexibility index (Phi) is 11.4. The van der Waals surface area contributed by atoms with Gasteiger partial charge in [-0.05, 0) is 55.2 Å². The standard InChI is InChI=1S/C36H38N2O2.C2H6/c1-11-19-31-26(13-3)27(14-4)35(38(31)34(40)16-6)30(23-36(8,9)10)25(12-2)22-29-24(7)37(33(39)15-5)32-21-18-17-20-28(29)32;1-2/h11-23H,2-6H2,1,7-10H3;1-2H3/b19-11-,25-22+,30-23-;. The number of benzene rings is 1. The van der Waals surface area contributed by atoms with Gasteiger partial charge in [0.2, 0.25) is 0 Å². The van der Waals surface area contributed by atoms with Crippen molar-refractivity contribution in [2.75, 3.05) is 0 Å². The van der Waals surface area contributed by atoms with Gasteiger partial charge in [-0.1, -0.05) is 116 Å². The van der Waals surface area contributed by atoms with E-state index < -0.39 is 0 Å². The molecule has 3 aromatic rings. The van der Waals surface area contributed by atoms with E-state index in [0.29, 0.717) is 11.4 Å². The number of fused-ring (bicyclic) bond motifs is 1. The van der Waals surface area contributed by atoms with Crippen LogP contribution in [0.15, 0.2) is 93.1 Å². The third kappa shape index (κ3) is 6.44. The van der Waals surface area contributed by atoms with Gasteiger partial charge in [-0.3, -0.25) is 18.7 Å².